The Balaban J connectivity index is 2.17. The molecular weight excluding hydrogens is 288 g/mol. The van der Waals surface area contributed by atoms with Crippen molar-refractivity contribution in [3.8, 4) is 0 Å². The summed E-state index contributed by atoms with van der Waals surface area (Å²) in [5.41, 5.74) is 5.59. The fraction of sp³-hybridized carbons (Fsp3) is 0.500. The van der Waals surface area contributed by atoms with Gasteiger partial charge in [-0.3, -0.25) is 0 Å². The summed E-state index contributed by atoms with van der Waals surface area (Å²) in [7, 11) is -3.24. The Morgan fingerprint density at radius 2 is 1.75 bits per heavy atom. The molecule has 1 aliphatic heterocycles. The topological polar surface area (TPSA) is 66.6 Å². The van der Waals surface area contributed by atoms with Crippen LogP contribution in [0.4, 0.5) is 14.5 Å². The molecule has 8 heteroatoms. The molecule has 1 aromatic carbocycles. The summed E-state index contributed by atoms with van der Waals surface area (Å²) in [5, 5.41) is 0. The number of nitrogens with zero attached hydrogens (tertiary/aromatic N) is 2. The predicted octanol–water partition coefficient (Wildman–Crippen LogP) is 0.505. The second-order valence-electron chi connectivity index (χ2n) is 4.72. The Morgan fingerprint density at radius 3 is 2.25 bits per heavy atom. The maximum absolute atomic E-state index is 14.0. The van der Waals surface area contributed by atoms with Crippen LogP contribution in [0.25, 0.3) is 0 Å². The zero-order valence-corrected chi connectivity index (χ0v) is 12.0. The van der Waals surface area contributed by atoms with E-state index in [4.69, 9.17) is 5.73 Å². The smallest absolute Gasteiger partial charge is 0.211 e. The van der Waals surface area contributed by atoms with E-state index in [1.54, 1.807) is 4.90 Å². The van der Waals surface area contributed by atoms with Gasteiger partial charge in [-0.15, -0.1) is 0 Å². The highest BCUT2D eigenvalue weighted by Crippen LogP contribution is 2.25. The minimum absolute atomic E-state index is 0.0646. The monoisotopic (exact) mass is 305 g/mol. The zero-order chi connectivity index (χ0) is 14.9. The molecule has 1 aliphatic rings. The second kappa shape index (κ2) is 5.63. The fourth-order valence-electron chi connectivity index (χ4n) is 2.24. The highest BCUT2D eigenvalue weighted by atomic mass is 32.2. The van der Waals surface area contributed by atoms with Gasteiger partial charge < -0.3 is 10.6 Å². The Morgan fingerprint density at radius 1 is 1.15 bits per heavy atom. The largest absolute Gasteiger partial charge is 0.366 e. The lowest BCUT2D eigenvalue weighted by molar-refractivity contribution is 0.384. The van der Waals surface area contributed by atoms with Gasteiger partial charge in [-0.1, -0.05) is 6.07 Å². The number of anilines is 1. The first-order chi connectivity index (χ1) is 9.34. The van der Waals surface area contributed by atoms with Gasteiger partial charge >= 0.3 is 0 Å². The summed E-state index contributed by atoms with van der Waals surface area (Å²) in [4.78, 5) is 1.64. The van der Waals surface area contributed by atoms with Crippen molar-refractivity contribution in [1.82, 2.24) is 4.31 Å². The number of hydrogen-bond acceptors (Lipinski definition) is 4. The van der Waals surface area contributed by atoms with Gasteiger partial charge in [-0.05, 0) is 6.07 Å². The van der Waals surface area contributed by atoms with Crippen LogP contribution in [0.15, 0.2) is 12.1 Å². The third kappa shape index (κ3) is 2.92. The van der Waals surface area contributed by atoms with Crippen molar-refractivity contribution in [2.24, 2.45) is 5.73 Å². The van der Waals surface area contributed by atoms with Gasteiger partial charge in [-0.25, -0.2) is 17.2 Å². The number of halogens is 2. The highest BCUT2D eigenvalue weighted by molar-refractivity contribution is 7.88. The molecule has 0 aliphatic carbocycles. The molecule has 0 saturated carbocycles. The zero-order valence-electron chi connectivity index (χ0n) is 11.1. The summed E-state index contributed by atoms with van der Waals surface area (Å²) >= 11 is 0. The van der Waals surface area contributed by atoms with Crippen LogP contribution in [-0.2, 0) is 16.6 Å². The number of hydrogen-bond donors (Lipinski definition) is 1. The SMILES string of the molecule is CS(=O)(=O)N1CCN(c2ccc(CN)c(F)c2F)CC1. The lowest BCUT2D eigenvalue weighted by Gasteiger charge is -2.35. The molecule has 112 valence electrons. The van der Waals surface area contributed by atoms with E-state index in [1.807, 2.05) is 0 Å². The molecule has 2 N–H and O–H groups in total. The Bertz CT molecular complexity index is 599. The molecule has 0 unspecified atom stereocenters. The maximum atomic E-state index is 14.0. The van der Waals surface area contributed by atoms with Crippen molar-refractivity contribution in [2.75, 3.05) is 37.3 Å². The van der Waals surface area contributed by atoms with Crippen molar-refractivity contribution in [3.63, 3.8) is 0 Å². The van der Waals surface area contributed by atoms with E-state index in [1.165, 1.54) is 16.4 Å². The van der Waals surface area contributed by atoms with E-state index in [2.05, 4.69) is 0 Å². The molecule has 0 radical (unpaired) electrons. The Kier molecular flexibility index (Phi) is 4.26. The van der Waals surface area contributed by atoms with Gasteiger partial charge in [0.25, 0.3) is 0 Å². The lowest BCUT2D eigenvalue weighted by Crippen LogP contribution is -2.48. The quantitative estimate of drug-likeness (QED) is 0.883. The lowest BCUT2D eigenvalue weighted by atomic mass is 10.1. The molecule has 1 fully saturated rings. The maximum Gasteiger partial charge on any atom is 0.211 e. The number of sulfonamides is 1. The van der Waals surface area contributed by atoms with Crippen molar-refractivity contribution in [2.45, 2.75) is 6.54 Å². The number of rotatable bonds is 3. The summed E-state index contributed by atoms with van der Waals surface area (Å²) in [6, 6.07) is 2.94. The van der Waals surface area contributed by atoms with Crippen LogP contribution in [-0.4, -0.2) is 45.2 Å². The molecule has 0 bridgehead atoms. The predicted molar refractivity (Wildman–Crippen MR) is 72.9 cm³/mol. The van der Waals surface area contributed by atoms with E-state index < -0.39 is 21.7 Å². The summed E-state index contributed by atoms with van der Waals surface area (Å²) < 4.78 is 51.8. The first-order valence-electron chi connectivity index (χ1n) is 6.21. The first kappa shape index (κ1) is 15.1. The van der Waals surface area contributed by atoms with Crippen LogP contribution < -0.4 is 10.6 Å². The second-order valence-corrected chi connectivity index (χ2v) is 6.71. The molecule has 1 saturated heterocycles. The molecule has 1 aromatic rings. The van der Waals surface area contributed by atoms with E-state index in [-0.39, 0.29) is 30.9 Å². The van der Waals surface area contributed by atoms with Gasteiger partial charge in [-0.2, -0.15) is 4.31 Å². The highest BCUT2D eigenvalue weighted by Gasteiger charge is 2.26. The standard InChI is InChI=1S/C12H17F2N3O2S/c1-20(18,19)17-6-4-16(5-7-17)10-3-2-9(8-15)11(13)12(10)14/h2-3H,4-8,15H2,1H3. The van der Waals surface area contributed by atoms with Crippen LogP contribution in [0.3, 0.4) is 0 Å². The minimum Gasteiger partial charge on any atom is -0.366 e. The van der Waals surface area contributed by atoms with Crippen molar-refractivity contribution >= 4 is 15.7 Å². The van der Waals surface area contributed by atoms with Gasteiger partial charge in [0.05, 0.1) is 11.9 Å². The minimum atomic E-state index is -3.24. The first-order valence-corrected chi connectivity index (χ1v) is 8.06. The van der Waals surface area contributed by atoms with Gasteiger partial charge in [0.1, 0.15) is 0 Å². The number of piperazine rings is 1. The summed E-state index contributed by atoms with van der Waals surface area (Å²) in [5.74, 6) is -1.86. The number of benzene rings is 1. The van der Waals surface area contributed by atoms with E-state index in [9.17, 15) is 17.2 Å². The van der Waals surface area contributed by atoms with Crippen LogP contribution in [0.2, 0.25) is 0 Å². The van der Waals surface area contributed by atoms with Gasteiger partial charge in [0, 0.05) is 38.3 Å². The average Bonchev–Trinajstić information content (AvgIpc) is 2.41. The summed E-state index contributed by atoms with van der Waals surface area (Å²) in [6.07, 6.45) is 1.14. The van der Waals surface area contributed by atoms with E-state index in [0.717, 1.165) is 6.26 Å². The Hall–Kier alpha value is -1.25. The molecule has 0 amide bonds. The fourth-order valence-corrected chi connectivity index (χ4v) is 3.07. The molecule has 0 spiro atoms. The van der Waals surface area contributed by atoms with Crippen molar-refractivity contribution in [1.29, 1.82) is 0 Å². The van der Waals surface area contributed by atoms with Crippen LogP contribution in [0.5, 0.6) is 0 Å². The Labute approximate surface area is 117 Å². The molecule has 0 aromatic heterocycles. The van der Waals surface area contributed by atoms with Crippen LogP contribution >= 0.6 is 0 Å². The number of nitrogens with two attached hydrogens (primary N) is 1. The molecule has 0 atom stereocenters. The third-order valence-electron chi connectivity index (χ3n) is 3.41. The molecule has 20 heavy (non-hydrogen) atoms. The van der Waals surface area contributed by atoms with Gasteiger partial charge in [0.15, 0.2) is 11.6 Å². The molecule has 5 nitrogen and oxygen atoms in total. The van der Waals surface area contributed by atoms with Crippen molar-refractivity contribution in [3.05, 3.63) is 29.3 Å². The van der Waals surface area contributed by atoms with E-state index in [0.29, 0.717) is 13.1 Å². The van der Waals surface area contributed by atoms with Crippen LogP contribution in [0, 0.1) is 11.6 Å². The normalized spacial score (nSPS) is 17.5. The summed E-state index contributed by atoms with van der Waals surface area (Å²) in [6.45, 7) is 1.11. The van der Waals surface area contributed by atoms with Crippen LogP contribution in [0.1, 0.15) is 5.56 Å². The van der Waals surface area contributed by atoms with E-state index >= 15 is 0 Å². The molecule has 1 heterocycles. The van der Waals surface area contributed by atoms with Crippen molar-refractivity contribution < 1.29 is 17.2 Å². The third-order valence-corrected chi connectivity index (χ3v) is 4.71. The average molecular weight is 305 g/mol. The van der Waals surface area contributed by atoms with Gasteiger partial charge in [0.2, 0.25) is 10.0 Å². The molecule has 2 rings (SSSR count). The molecular formula is C12H17F2N3O2S.